The van der Waals surface area contributed by atoms with Crippen LogP contribution in [0.4, 0.5) is 0 Å². The Morgan fingerprint density at radius 1 is 1.83 bits per heavy atom. The van der Waals surface area contributed by atoms with Crippen LogP contribution in [0.2, 0.25) is 0 Å². The van der Waals surface area contributed by atoms with Crippen LogP contribution in [0.1, 0.15) is 13.3 Å². The zero-order valence-corrected chi connectivity index (χ0v) is 7.08. The Morgan fingerprint density at radius 2 is 2.50 bits per heavy atom. The van der Waals surface area contributed by atoms with Crippen LogP contribution >= 0.6 is 0 Å². The van der Waals surface area contributed by atoms with E-state index in [2.05, 4.69) is 11.3 Å². The third-order valence-electron chi connectivity index (χ3n) is 1.60. The van der Waals surface area contributed by atoms with Crippen molar-refractivity contribution in [2.75, 3.05) is 6.61 Å². The first-order valence-corrected chi connectivity index (χ1v) is 3.84. The van der Waals surface area contributed by atoms with Crippen LogP contribution in [0, 0.1) is 0 Å². The van der Waals surface area contributed by atoms with E-state index in [1.807, 2.05) is 6.08 Å². The Morgan fingerprint density at radius 3 is 3.00 bits per heavy atom. The molecule has 0 aromatic heterocycles. The molecule has 12 heavy (non-hydrogen) atoms. The smallest absolute Gasteiger partial charge is 0.338 e. The van der Waals surface area contributed by atoms with Crippen LogP contribution in [0.5, 0.6) is 0 Å². The third-order valence-corrected chi connectivity index (χ3v) is 1.60. The Hall–Kier alpha value is -1.09. The summed E-state index contributed by atoms with van der Waals surface area (Å²) < 4.78 is 9.55. The molecule has 1 unspecified atom stereocenters. The molecule has 0 radical (unpaired) electrons. The topological polar surface area (TPSA) is 38.8 Å². The summed E-state index contributed by atoms with van der Waals surface area (Å²) in [6, 6.07) is 0. The van der Waals surface area contributed by atoms with Gasteiger partial charge in [-0.2, -0.15) is 0 Å². The lowest BCUT2D eigenvalue weighted by molar-refractivity contribution is -0.133. The quantitative estimate of drug-likeness (QED) is 0.276. The highest BCUT2D eigenvalue weighted by molar-refractivity contribution is 5.88. The second-order valence-electron chi connectivity index (χ2n) is 2.65. The van der Waals surface area contributed by atoms with E-state index in [1.54, 1.807) is 6.92 Å². The van der Waals surface area contributed by atoms with Crippen molar-refractivity contribution in [2.45, 2.75) is 19.4 Å². The maximum absolute atomic E-state index is 11.0. The largest absolute Gasteiger partial charge is 0.432 e. The van der Waals surface area contributed by atoms with Crippen molar-refractivity contribution in [1.82, 2.24) is 0 Å². The molecule has 0 saturated carbocycles. The molecule has 0 N–H and O–H groups in total. The van der Waals surface area contributed by atoms with E-state index < -0.39 is 0 Å². The number of epoxide rings is 1. The third kappa shape index (κ3) is 2.88. The second kappa shape index (κ2) is 4.07. The molecular weight excluding hydrogens is 156 g/mol. The molecular formula is C9H12O3. The SMILES string of the molecule is C=COC(=O)/C(C)=C/CC1CO1. The van der Waals surface area contributed by atoms with Gasteiger partial charge in [0.1, 0.15) is 0 Å². The number of hydrogen-bond donors (Lipinski definition) is 0. The van der Waals surface area contributed by atoms with E-state index in [-0.39, 0.29) is 5.97 Å². The van der Waals surface area contributed by atoms with E-state index >= 15 is 0 Å². The number of ether oxygens (including phenoxy) is 2. The van der Waals surface area contributed by atoms with Gasteiger partial charge in [-0.05, 0) is 13.3 Å². The molecule has 1 saturated heterocycles. The molecule has 0 bridgehead atoms. The Bertz CT molecular complexity index is 214. The number of carbonyl (C=O) groups excluding carboxylic acids is 1. The first kappa shape index (κ1) is 9.00. The highest BCUT2D eigenvalue weighted by atomic mass is 16.6. The van der Waals surface area contributed by atoms with Gasteiger partial charge in [-0.15, -0.1) is 0 Å². The summed E-state index contributed by atoms with van der Waals surface area (Å²) in [5, 5.41) is 0. The van der Waals surface area contributed by atoms with Crippen molar-refractivity contribution < 1.29 is 14.3 Å². The lowest BCUT2D eigenvalue weighted by Gasteiger charge is -1.97. The fourth-order valence-corrected chi connectivity index (χ4v) is 0.764. The van der Waals surface area contributed by atoms with Crippen molar-refractivity contribution in [2.24, 2.45) is 0 Å². The summed E-state index contributed by atoms with van der Waals surface area (Å²) in [5.74, 6) is -0.342. The maximum Gasteiger partial charge on any atom is 0.338 e. The first-order chi connectivity index (χ1) is 5.74. The minimum absolute atomic E-state index is 0.316. The highest BCUT2D eigenvalue weighted by Crippen LogP contribution is 2.15. The maximum atomic E-state index is 11.0. The lowest BCUT2D eigenvalue weighted by atomic mass is 10.2. The normalized spacial score (nSPS) is 21.8. The average molecular weight is 168 g/mol. The molecule has 0 spiro atoms. The van der Waals surface area contributed by atoms with E-state index in [4.69, 9.17) is 4.74 Å². The summed E-state index contributed by atoms with van der Waals surface area (Å²) in [5.41, 5.74) is 0.602. The fraction of sp³-hybridized carbons (Fsp3) is 0.444. The molecule has 1 atom stereocenters. The van der Waals surface area contributed by atoms with Gasteiger partial charge in [0.15, 0.2) is 0 Å². The van der Waals surface area contributed by atoms with E-state index in [0.29, 0.717) is 11.7 Å². The monoisotopic (exact) mass is 168 g/mol. The minimum atomic E-state index is -0.342. The molecule has 0 aliphatic carbocycles. The van der Waals surface area contributed by atoms with Gasteiger partial charge in [-0.1, -0.05) is 12.7 Å². The predicted octanol–water partition coefficient (Wildman–Crippen LogP) is 1.41. The van der Waals surface area contributed by atoms with Crippen LogP contribution < -0.4 is 0 Å². The first-order valence-electron chi connectivity index (χ1n) is 3.84. The molecule has 1 rings (SSSR count). The van der Waals surface area contributed by atoms with Gasteiger partial charge in [0, 0.05) is 5.57 Å². The van der Waals surface area contributed by atoms with Crippen LogP contribution in [0.25, 0.3) is 0 Å². The van der Waals surface area contributed by atoms with Crippen molar-refractivity contribution in [3.05, 3.63) is 24.5 Å². The van der Waals surface area contributed by atoms with Gasteiger partial charge in [-0.25, -0.2) is 4.79 Å². The van der Waals surface area contributed by atoms with Gasteiger partial charge >= 0.3 is 5.97 Å². The number of esters is 1. The number of carbonyl (C=O) groups is 1. The average Bonchev–Trinajstić information content (AvgIpc) is 2.83. The van der Waals surface area contributed by atoms with Crippen molar-refractivity contribution >= 4 is 5.97 Å². The summed E-state index contributed by atoms with van der Waals surface area (Å²) in [4.78, 5) is 11.0. The minimum Gasteiger partial charge on any atom is -0.432 e. The van der Waals surface area contributed by atoms with Crippen molar-refractivity contribution in [1.29, 1.82) is 0 Å². The van der Waals surface area contributed by atoms with Crippen LogP contribution in [0.15, 0.2) is 24.5 Å². The second-order valence-corrected chi connectivity index (χ2v) is 2.65. The van der Waals surface area contributed by atoms with Gasteiger partial charge in [0.2, 0.25) is 0 Å². The van der Waals surface area contributed by atoms with Crippen LogP contribution in [0.3, 0.4) is 0 Å². The predicted molar refractivity (Wildman–Crippen MR) is 44.4 cm³/mol. The van der Waals surface area contributed by atoms with Gasteiger partial charge < -0.3 is 9.47 Å². The molecule has 1 aliphatic rings. The molecule has 0 aromatic rings. The standard InChI is InChI=1S/C9H12O3/c1-3-11-9(10)7(2)4-5-8-6-12-8/h3-4,8H,1,5-6H2,2H3/b7-4+. The highest BCUT2D eigenvalue weighted by Gasteiger charge is 2.20. The molecule has 3 nitrogen and oxygen atoms in total. The van der Waals surface area contributed by atoms with Crippen molar-refractivity contribution in [3.8, 4) is 0 Å². The molecule has 66 valence electrons. The summed E-state index contributed by atoms with van der Waals surface area (Å²) >= 11 is 0. The molecule has 3 heteroatoms. The zero-order chi connectivity index (χ0) is 8.97. The molecule has 1 aliphatic heterocycles. The molecule has 0 aromatic carbocycles. The van der Waals surface area contributed by atoms with Gasteiger partial charge in [0.25, 0.3) is 0 Å². The molecule has 1 fully saturated rings. The number of hydrogen-bond acceptors (Lipinski definition) is 3. The Balaban J connectivity index is 2.32. The van der Waals surface area contributed by atoms with Crippen LogP contribution in [-0.4, -0.2) is 18.7 Å². The molecule has 0 amide bonds. The van der Waals surface area contributed by atoms with Gasteiger partial charge in [-0.3, -0.25) is 0 Å². The summed E-state index contributed by atoms with van der Waals surface area (Å²) in [6.45, 7) is 5.82. The van der Waals surface area contributed by atoms with Gasteiger partial charge in [0.05, 0.1) is 19.0 Å². The van der Waals surface area contributed by atoms with E-state index in [9.17, 15) is 4.79 Å². The van der Waals surface area contributed by atoms with E-state index in [1.165, 1.54) is 0 Å². The van der Waals surface area contributed by atoms with Crippen LogP contribution in [-0.2, 0) is 14.3 Å². The fourth-order valence-electron chi connectivity index (χ4n) is 0.764. The Kier molecular flexibility index (Phi) is 3.05. The summed E-state index contributed by atoms with van der Waals surface area (Å²) in [7, 11) is 0. The lowest BCUT2D eigenvalue weighted by Crippen LogP contribution is -2.00. The van der Waals surface area contributed by atoms with E-state index in [0.717, 1.165) is 19.3 Å². The Labute approximate surface area is 71.7 Å². The zero-order valence-electron chi connectivity index (χ0n) is 7.08. The van der Waals surface area contributed by atoms with Crippen molar-refractivity contribution in [3.63, 3.8) is 0 Å². The molecule has 1 heterocycles. The summed E-state index contributed by atoms with van der Waals surface area (Å²) in [6.07, 6.45) is 4.06. The number of rotatable bonds is 4.